The van der Waals surface area contributed by atoms with Gasteiger partial charge in [-0.05, 0) is 44.7 Å². The zero-order valence-corrected chi connectivity index (χ0v) is 15.9. The minimum Gasteiger partial charge on any atom is -0.464 e. The molecule has 1 aromatic heterocycles. The first-order chi connectivity index (χ1) is 12.4. The molecule has 1 aliphatic heterocycles. The molecule has 26 heavy (non-hydrogen) atoms. The molecule has 136 valence electrons. The Morgan fingerprint density at radius 3 is 2.69 bits per heavy atom. The van der Waals surface area contributed by atoms with Crippen LogP contribution in [0.1, 0.15) is 25.1 Å². The third kappa shape index (κ3) is 2.92. The van der Waals surface area contributed by atoms with Crippen LogP contribution in [-0.4, -0.2) is 39.2 Å². The predicted octanol–water partition coefficient (Wildman–Crippen LogP) is 3.47. The van der Waals surface area contributed by atoms with E-state index in [4.69, 9.17) is 4.74 Å². The Labute approximate surface area is 155 Å². The third-order valence-electron chi connectivity index (χ3n) is 4.56. The molecule has 2 aromatic rings. The number of esters is 1. The molecular formula is C19H20N2O4S. The van der Waals surface area contributed by atoms with Gasteiger partial charge in [0.1, 0.15) is 6.04 Å². The highest BCUT2D eigenvalue weighted by Gasteiger charge is 2.41. The Kier molecular flexibility index (Phi) is 4.91. The van der Waals surface area contributed by atoms with Gasteiger partial charge in [0.15, 0.2) is 0 Å². The van der Waals surface area contributed by atoms with Crippen molar-refractivity contribution < 1.29 is 19.1 Å². The number of fused-ring (bicyclic) bond motifs is 1. The number of nitrogens with zero attached hydrogens (tertiary/aromatic N) is 2. The zero-order chi connectivity index (χ0) is 19.0. The van der Waals surface area contributed by atoms with Crippen LogP contribution in [0.4, 0.5) is 4.79 Å². The summed E-state index contributed by atoms with van der Waals surface area (Å²) in [5.74, 6) is -1.05. The summed E-state index contributed by atoms with van der Waals surface area (Å²) in [6.45, 7) is 5.35. The van der Waals surface area contributed by atoms with Gasteiger partial charge in [-0.25, -0.2) is 4.79 Å². The minimum absolute atomic E-state index is 0.199. The summed E-state index contributed by atoms with van der Waals surface area (Å²) >= 11 is 0.848. The fourth-order valence-corrected chi connectivity index (χ4v) is 3.94. The van der Waals surface area contributed by atoms with Gasteiger partial charge in [0.25, 0.3) is 11.1 Å². The largest absolute Gasteiger partial charge is 0.464 e. The van der Waals surface area contributed by atoms with Crippen molar-refractivity contribution in [2.75, 3.05) is 6.61 Å². The number of rotatable bonds is 4. The zero-order valence-electron chi connectivity index (χ0n) is 15.1. The molecule has 2 amide bonds. The highest BCUT2D eigenvalue weighted by atomic mass is 32.2. The van der Waals surface area contributed by atoms with Gasteiger partial charge < -0.3 is 9.30 Å². The van der Waals surface area contributed by atoms with Crippen LogP contribution < -0.4 is 0 Å². The van der Waals surface area contributed by atoms with E-state index < -0.39 is 23.2 Å². The number of imide groups is 1. The van der Waals surface area contributed by atoms with Crippen LogP contribution in [0, 0.1) is 6.92 Å². The number of aryl methyl sites for hydroxylation is 1. The number of para-hydroxylation sites is 1. The Morgan fingerprint density at radius 1 is 1.31 bits per heavy atom. The smallest absolute Gasteiger partial charge is 0.329 e. The molecule has 0 saturated carbocycles. The summed E-state index contributed by atoms with van der Waals surface area (Å²) in [6, 6.07) is 6.95. The van der Waals surface area contributed by atoms with Gasteiger partial charge in [-0.1, -0.05) is 18.2 Å². The maximum atomic E-state index is 12.7. The molecule has 1 saturated heterocycles. The molecule has 3 rings (SSSR count). The second kappa shape index (κ2) is 6.99. The van der Waals surface area contributed by atoms with Crippen LogP contribution in [0.2, 0.25) is 0 Å². The topological polar surface area (TPSA) is 68.6 Å². The average molecular weight is 372 g/mol. The highest BCUT2D eigenvalue weighted by Crippen LogP contribution is 2.36. The van der Waals surface area contributed by atoms with E-state index in [0.29, 0.717) is 4.91 Å². The number of thioether (sulfide) groups is 1. The first kappa shape index (κ1) is 18.3. The van der Waals surface area contributed by atoms with E-state index in [1.165, 1.54) is 6.92 Å². The van der Waals surface area contributed by atoms with Crippen molar-refractivity contribution in [1.29, 1.82) is 0 Å². The monoisotopic (exact) mass is 372 g/mol. The summed E-state index contributed by atoms with van der Waals surface area (Å²) < 4.78 is 6.98. The molecular weight excluding hydrogens is 352 g/mol. The summed E-state index contributed by atoms with van der Waals surface area (Å²) in [5.41, 5.74) is 2.95. The second-order valence-corrected chi connectivity index (χ2v) is 7.05. The predicted molar refractivity (Wildman–Crippen MR) is 102 cm³/mol. The van der Waals surface area contributed by atoms with Gasteiger partial charge in [-0.3, -0.25) is 14.5 Å². The number of benzene rings is 1. The molecule has 7 heteroatoms. The fourth-order valence-electron chi connectivity index (χ4n) is 3.05. The number of carbonyl (C=O) groups is 3. The molecule has 6 nitrogen and oxygen atoms in total. The maximum absolute atomic E-state index is 12.7. The molecule has 2 heterocycles. The molecule has 1 unspecified atom stereocenters. The molecule has 1 aromatic carbocycles. The van der Waals surface area contributed by atoms with Gasteiger partial charge in [-0.2, -0.15) is 0 Å². The summed E-state index contributed by atoms with van der Waals surface area (Å²) in [4.78, 5) is 38.2. The van der Waals surface area contributed by atoms with Gasteiger partial charge in [0.2, 0.25) is 0 Å². The van der Waals surface area contributed by atoms with Crippen LogP contribution in [-0.2, 0) is 21.4 Å². The number of aromatic nitrogens is 1. The fraction of sp³-hybridized carbons (Fsp3) is 0.316. The van der Waals surface area contributed by atoms with Crippen molar-refractivity contribution in [3.8, 4) is 0 Å². The molecule has 1 aliphatic rings. The normalized spacial score (nSPS) is 17.4. The van der Waals surface area contributed by atoms with Crippen molar-refractivity contribution in [3.05, 3.63) is 40.4 Å². The van der Waals surface area contributed by atoms with Crippen molar-refractivity contribution in [2.45, 2.75) is 26.8 Å². The summed E-state index contributed by atoms with van der Waals surface area (Å²) in [7, 11) is 1.96. The van der Waals surface area contributed by atoms with Crippen LogP contribution >= 0.6 is 11.8 Å². The second-order valence-electron chi connectivity index (χ2n) is 6.05. The van der Waals surface area contributed by atoms with Gasteiger partial charge in [-0.15, -0.1) is 0 Å². The van der Waals surface area contributed by atoms with E-state index >= 15 is 0 Å². The quantitative estimate of drug-likeness (QED) is 0.607. The first-order valence-electron chi connectivity index (χ1n) is 8.34. The maximum Gasteiger partial charge on any atom is 0.329 e. The van der Waals surface area contributed by atoms with E-state index in [-0.39, 0.29) is 6.61 Å². The number of carbonyl (C=O) groups excluding carboxylic acids is 3. The molecule has 0 N–H and O–H groups in total. The minimum atomic E-state index is -0.943. The van der Waals surface area contributed by atoms with Gasteiger partial charge >= 0.3 is 5.97 Å². The lowest BCUT2D eigenvalue weighted by molar-refractivity contribution is -0.150. The summed E-state index contributed by atoms with van der Waals surface area (Å²) in [5, 5.41) is 0.553. The number of ether oxygens (including phenoxy) is 1. The van der Waals surface area contributed by atoms with Gasteiger partial charge in [0, 0.05) is 29.2 Å². The Hall–Kier alpha value is -2.54. The molecule has 0 bridgehead atoms. The van der Waals surface area contributed by atoms with Crippen molar-refractivity contribution >= 4 is 45.9 Å². The van der Waals surface area contributed by atoms with E-state index in [1.807, 2.05) is 42.8 Å². The molecule has 1 atom stereocenters. The molecule has 0 radical (unpaired) electrons. The lowest BCUT2D eigenvalue weighted by Gasteiger charge is -2.19. The van der Waals surface area contributed by atoms with Crippen molar-refractivity contribution in [2.24, 2.45) is 7.05 Å². The van der Waals surface area contributed by atoms with E-state index in [2.05, 4.69) is 0 Å². The van der Waals surface area contributed by atoms with E-state index in [0.717, 1.165) is 38.8 Å². The Morgan fingerprint density at radius 2 is 2.00 bits per heavy atom. The Bertz CT molecular complexity index is 944. The third-order valence-corrected chi connectivity index (χ3v) is 5.45. The van der Waals surface area contributed by atoms with Crippen LogP contribution in [0.25, 0.3) is 17.0 Å². The SMILES string of the molecule is CCOC(=O)C(C)N1C(=O)S/C(=C\c2c(C)n(C)c3ccccc23)C1=O. The van der Waals surface area contributed by atoms with Crippen LogP contribution in [0.5, 0.6) is 0 Å². The van der Waals surface area contributed by atoms with Crippen LogP contribution in [0.15, 0.2) is 29.2 Å². The van der Waals surface area contributed by atoms with Crippen molar-refractivity contribution in [3.63, 3.8) is 0 Å². The first-order valence-corrected chi connectivity index (χ1v) is 9.16. The average Bonchev–Trinajstić information content (AvgIpc) is 3.03. The van der Waals surface area contributed by atoms with Crippen molar-refractivity contribution in [1.82, 2.24) is 9.47 Å². The Balaban J connectivity index is 1.99. The number of hydrogen-bond donors (Lipinski definition) is 0. The lowest BCUT2D eigenvalue weighted by atomic mass is 10.1. The lowest BCUT2D eigenvalue weighted by Crippen LogP contribution is -2.42. The molecule has 1 fully saturated rings. The standard InChI is InChI=1S/C19H20N2O4S/c1-5-25-18(23)12(3)21-17(22)16(26-19(21)24)10-14-11(2)20(4)15-9-7-6-8-13(14)15/h6-10,12H,5H2,1-4H3/b16-10-. The number of amides is 2. The van der Waals surface area contributed by atoms with E-state index in [1.54, 1.807) is 13.0 Å². The molecule has 0 aliphatic carbocycles. The van der Waals surface area contributed by atoms with E-state index in [9.17, 15) is 14.4 Å². The van der Waals surface area contributed by atoms with Gasteiger partial charge in [0.05, 0.1) is 11.5 Å². The summed E-state index contributed by atoms with van der Waals surface area (Å²) in [6.07, 6.45) is 1.74. The van der Waals surface area contributed by atoms with Crippen LogP contribution in [0.3, 0.4) is 0 Å². The highest BCUT2D eigenvalue weighted by molar-refractivity contribution is 8.18. The molecule has 0 spiro atoms. The number of hydrogen-bond acceptors (Lipinski definition) is 5.